The van der Waals surface area contributed by atoms with E-state index in [0.717, 1.165) is 45.5 Å². The first kappa shape index (κ1) is 19.8. The predicted octanol–water partition coefficient (Wildman–Crippen LogP) is 3.86. The number of benzene rings is 2. The molecule has 1 aromatic heterocycles. The molecule has 0 unspecified atom stereocenters. The lowest BCUT2D eigenvalue weighted by molar-refractivity contribution is -0.130. The molecular formula is C21H22ClN3O3S. The van der Waals surface area contributed by atoms with Crippen LogP contribution >= 0.6 is 22.9 Å². The van der Waals surface area contributed by atoms with E-state index in [1.807, 2.05) is 41.3 Å². The molecule has 1 aliphatic heterocycles. The molecule has 0 aliphatic carbocycles. The summed E-state index contributed by atoms with van der Waals surface area (Å²) in [5, 5.41) is 1.59. The van der Waals surface area contributed by atoms with Crippen molar-refractivity contribution in [2.24, 2.45) is 0 Å². The largest absolute Gasteiger partial charge is 0.497 e. The summed E-state index contributed by atoms with van der Waals surface area (Å²) < 4.78 is 11.5. The highest BCUT2D eigenvalue weighted by molar-refractivity contribution is 7.22. The molecule has 4 rings (SSSR count). The SMILES string of the molecule is COc1ccc(CC(=O)N2CCN(c3nc4c(OC)ccc(Cl)c4s3)CC2)cc1. The second-order valence-electron chi connectivity index (χ2n) is 6.82. The summed E-state index contributed by atoms with van der Waals surface area (Å²) in [6, 6.07) is 11.3. The Morgan fingerprint density at radius 1 is 1.07 bits per heavy atom. The van der Waals surface area contributed by atoms with E-state index in [1.165, 1.54) is 0 Å². The molecule has 0 radical (unpaired) electrons. The van der Waals surface area contributed by atoms with Gasteiger partial charge in [-0.15, -0.1) is 0 Å². The van der Waals surface area contributed by atoms with Crippen molar-refractivity contribution in [2.75, 3.05) is 45.3 Å². The van der Waals surface area contributed by atoms with Crippen molar-refractivity contribution in [1.82, 2.24) is 9.88 Å². The van der Waals surface area contributed by atoms with E-state index in [9.17, 15) is 4.79 Å². The molecule has 0 bridgehead atoms. The Bertz CT molecular complexity index is 1010. The Kier molecular flexibility index (Phi) is 5.78. The zero-order chi connectivity index (χ0) is 20.4. The highest BCUT2D eigenvalue weighted by Crippen LogP contribution is 2.38. The summed E-state index contributed by atoms with van der Waals surface area (Å²) in [6.07, 6.45) is 0.401. The highest BCUT2D eigenvalue weighted by atomic mass is 35.5. The van der Waals surface area contributed by atoms with Gasteiger partial charge in [0.05, 0.1) is 30.4 Å². The first-order chi connectivity index (χ1) is 14.1. The van der Waals surface area contributed by atoms with Crippen molar-refractivity contribution in [2.45, 2.75) is 6.42 Å². The fourth-order valence-electron chi connectivity index (χ4n) is 3.42. The van der Waals surface area contributed by atoms with Gasteiger partial charge in [0.2, 0.25) is 5.91 Å². The maximum absolute atomic E-state index is 12.7. The number of amides is 1. The van der Waals surface area contributed by atoms with E-state index in [2.05, 4.69) is 4.90 Å². The molecule has 1 amide bonds. The first-order valence-corrected chi connectivity index (χ1v) is 10.6. The summed E-state index contributed by atoms with van der Waals surface area (Å²) >= 11 is 7.90. The second-order valence-corrected chi connectivity index (χ2v) is 8.20. The van der Waals surface area contributed by atoms with Gasteiger partial charge >= 0.3 is 0 Å². The van der Waals surface area contributed by atoms with E-state index in [4.69, 9.17) is 26.1 Å². The summed E-state index contributed by atoms with van der Waals surface area (Å²) in [4.78, 5) is 21.5. The Balaban J connectivity index is 1.40. The van der Waals surface area contributed by atoms with Crippen LogP contribution in [0.2, 0.25) is 5.02 Å². The van der Waals surface area contributed by atoms with E-state index in [-0.39, 0.29) is 5.91 Å². The van der Waals surface area contributed by atoms with Crippen LogP contribution < -0.4 is 14.4 Å². The standard InChI is InChI=1S/C21H22ClN3O3S/c1-27-15-5-3-14(4-6-15)13-18(26)24-9-11-25(12-10-24)21-23-19-17(28-2)8-7-16(22)20(19)29-21/h3-8H,9-13H2,1-2H3. The average Bonchev–Trinajstić information content (AvgIpc) is 3.21. The summed E-state index contributed by atoms with van der Waals surface area (Å²) in [5.74, 6) is 1.66. The lowest BCUT2D eigenvalue weighted by atomic mass is 10.1. The van der Waals surface area contributed by atoms with E-state index >= 15 is 0 Å². The Labute approximate surface area is 178 Å². The number of aromatic nitrogens is 1. The number of rotatable bonds is 5. The van der Waals surface area contributed by atoms with Gasteiger partial charge < -0.3 is 19.3 Å². The molecule has 6 nitrogen and oxygen atoms in total. The van der Waals surface area contributed by atoms with Crippen molar-refractivity contribution in [1.29, 1.82) is 0 Å². The van der Waals surface area contributed by atoms with Crippen LogP contribution in [0.15, 0.2) is 36.4 Å². The number of nitrogens with zero attached hydrogens (tertiary/aromatic N) is 3. The van der Waals surface area contributed by atoms with E-state index in [1.54, 1.807) is 25.6 Å². The number of thiazole rings is 1. The minimum atomic E-state index is 0.142. The normalized spacial score (nSPS) is 14.3. The van der Waals surface area contributed by atoms with Crippen LogP contribution in [0.3, 0.4) is 0 Å². The quantitative estimate of drug-likeness (QED) is 0.614. The molecule has 3 aromatic rings. The Morgan fingerprint density at radius 2 is 1.79 bits per heavy atom. The molecule has 8 heteroatoms. The number of hydrogen-bond acceptors (Lipinski definition) is 6. The number of ether oxygens (including phenoxy) is 2. The number of carbonyl (C=O) groups is 1. The lowest BCUT2D eigenvalue weighted by Gasteiger charge is -2.34. The van der Waals surface area contributed by atoms with Gasteiger partial charge in [-0.25, -0.2) is 4.98 Å². The molecule has 0 saturated carbocycles. The zero-order valence-corrected chi connectivity index (χ0v) is 17.9. The van der Waals surface area contributed by atoms with Crippen LogP contribution in [0.1, 0.15) is 5.56 Å². The summed E-state index contributed by atoms with van der Waals surface area (Å²) in [7, 11) is 3.27. The monoisotopic (exact) mass is 431 g/mol. The molecule has 2 heterocycles. The number of carbonyl (C=O) groups excluding carboxylic acids is 1. The minimum absolute atomic E-state index is 0.142. The third-order valence-electron chi connectivity index (χ3n) is 5.08. The number of methoxy groups -OCH3 is 2. The number of halogens is 1. The molecule has 29 heavy (non-hydrogen) atoms. The predicted molar refractivity (Wildman–Crippen MR) is 117 cm³/mol. The first-order valence-electron chi connectivity index (χ1n) is 9.37. The molecule has 0 atom stereocenters. The molecule has 2 aromatic carbocycles. The summed E-state index contributed by atoms with van der Waals surface area (Å²) in [6.45, 7) is 2.84. The van der Waals surface area contributed by atoms with Crippen molar-refractivity contribution in [3.8, 4) is 11.5 Å². The van der Waals surface area contributed by atoms with Gasteiger partial charge in [0.1, 0.15) is 17.0 Å². The molecule has 152 valence electrons. The van der Waals surface area contributed by atoms with Crippen molar-refractivity contribution in [3.05, 3.63) is 47.0 Å². The van der Waals surface area contributed by atoms with Crippen molar-refractivity contribution < 1.29 is 14.3 Å². The molecule has 1 fully saturated rings. The smallest absolute Gasteiger partial charge is 0.227 e. The van der Waals surface area contributed by atoms with Crippen LogP contribution in [0.5, 0.6) is 11.5 Å². The lowest BCUT2D eigenvalue weighted by Crippen LogP contribution is -2.49. The summed E-state index contributed by atoms with van der Waals surface area (Å²) in [5.41, 5.74) is 1.78. The third-order valence-corrected chi connectivity index (χ3v) is 6.66. The van der Waals surface area contributed by atoms with Gasteiger partial charge in [-0.1, -0.05) is 35.1 Å². The molecule has 0 N–H and O–H groups in total. The van der Waals surface area contributed by atoms with Gasteiger partial charge in [-0.05, 0) is 29.8 Å². The fourth-order valence-corrected chi connectivity index (χ4v) is 4.73. The van der Waals surface area contributed by atoms with E-state index in [0.29, 0.717) is 24.5 Å². The second kappa shape index (κ2) is 8.47. The maximum Gasteiger partial charge on any atom is 0.227 e. The fraction of sp³-hybridized carbons (Fsp3) is 0.333. The van der Waals surface area contributed by atoms with Crippen LogP contribution in [-0.4, -0.2) is 56.2 Å². The van der Waals surface area contributed by atoms with Gasteiger partial charge in [0, 0.05) is 26.2 Å². The van der Waals surface area contributed by atoms with Crippen LogP contribution in [0.25, 0.3) is 10.2 Å². The van der Waals surface area contributed by atoms with Gasteiger partial charge in [0.25, 0.3) is 0 Å². The van der Waals surface area contributed by atoms with E-state index < -0.39 is 0 Å². The zero-order valence-electron chi connectivity index (χ0n) is 16.4. The van der Waals surface area contributed by atoms with Gasteiger partial charge in [-0.3, -0.25) is 4.79 Å². The van der Waals surface area contributed by atoms with Crippen molar-refractivity contribution in [3.63, 3.8) is 0 Å². The van der Waals surface area contributed by atoms with Gasteiger partial charge in [0.15, 0.2) is 5.13 Å². The third kappa shape index (κ3) is 4.11. The van der Waals surface area contributed by atoms with Crippen molar-refractivity contribution >= 4 is 44.2 Å². The topological polar surface area (TPSA) is 54.9 Å². The Morgan fingerprint density at radius 3 is 2.45 bits per heavy atom. The van der Waals surface area contributed by atoms with Gasteiger partial charge in [-0.2, -0.15) is 0 Å². The Hall–Kier alpha value is -2.51. The molecular weight excluding hydrogens is 410 g/mol. The van der Waals surface area contributed by atoms with Crippen LogP contribution in [-0.2, 0) is 11.2 Å². The molecule has 1 saturated heterocycles. The molecule has 1 aliphatic rings. The number of hydrogen-bond donors (Lipinski definition) is 0. The van der Waals surface area contributed by atoms with Crippen LogP contribution in [0.4, 0.5) is 5.13 Å². The number of piperazine rings is 1. The number of anilines is 1. The maximum atomic E-state index is 12.7. The highest BCUT2D eigenvalue weighted by Gasteiger charge is 2.24. The minimum Gasteiger partial charge on any atom is -0.497 e. The average molecular weight is 432 g/mol. The number of fused-ring (bicyclic) bond motifs is 1. The van der Waals surface area contributed by atoms with Crippen LogP contribution in [0, 0.1) is 0 Å². The molecule has 0 spiro atoms.